The van der Waals surface area contributed by atoms with Gasteiger partial charge in [-0.2, -0.15) is 0 Å². The Balaban J connectivity index is 1.39. The van der Waals surface area contributed by atoms with Crippen LogP contribution in [0.3, 0.4) is 0 Å². The van der Waals surface area contributed by atoms with E-state index in [9.17, 15) is 4.79 Å². The SMILES string of the molecule is Cc1cnc(C(=O)NCCN2CCC(c3ccccc3)CC2)[nH]1. The van der Waals surface area contributed by atoms with E-state index in [4.69, 9.17) is 0 Å². The minimum atomic E-state index is -0.128. The second-order valence-electron chi connectivity index (χ2n) is 6.20. The molecule has 3 rings (SSSR count). The minimum Gasteiger partial charge on any atom is -0.348 e. The summed E-state index contributed by atoms with van der Waals surface area (Å²) in [5.74, 6) is 0.940. The normalized spacial score (nSPS) is 16.4. The van der Waals surface area contributed by atoms with Crippen molar-refractivity contribution in [2.24, 2.45) is 0 Å². The van der Waals surface area contributed by atoms with Crippen LogP contribution in [0.5, 0.6) is 0 Å². The van der Waals surface area contributed by atoms with Gasteiger partial charge in [0.1, 0.15) is 0 Å². The van der Waals surface area contributed by atoms with Gasteiger partial charge >= 0.3 is 0 Å². The minimum absolute atomic E-state index is 0.128. The zero-order valence-corrected chi connectivity index (χ0v) is 13.6. The average Bonchev–Trinajstić information content (AvgIpc) is 3.03. The summed E-state index contributed by atoms with van der Waals surface area (Å²) in [5.41, 5.74) is 2.35. The highest BCUT2D eigenvalue weighted by molar-refractivity contribution is 5.90. The van der Waals surface area contributed by atoms with E-state index in [2.05, 4.69) is 50.5 Å². The average molecular weight is 312 g/mol. The molecule has 122 valence electrons. The number of aromatic nitrogens is 2. The first-order valence-corrected chi connectivity index (χ1v) is 8.29. The van der Waals surface area contributed by atoms with Crippen molar-refractivity contribution in [1.29, 1.82) is 0 Å². The van der Waals surface area contributed by atoms with Crippen LogP contribution in [-0.4, -0.2) is 47.0 Å². The van der Waals surface area contributed by atoms with Crippen LogP contribution in [0.25, 0.3) is 0 Å². The summed E-state index contributed by atoms with van der Waals surface area (Å²) in [6.07, 6.45) is 4.05. The first-order valence-electron chi connectivity index (χ1n) is 8.29. The van der Waals surface area contributed by atoms with Gasteiger partial charge in [0, 0.05) is 25.0 Å². The third-order valence-electron chi connectivity index (χ3n) is 4.49. The maximum absolute atomic E-state index is 11.9. The Hall–Kier alpha value is -2.14. The number of carbonyl (C=O) groups is 1. The largest absolute Gasteiger partial charge is 0.348 e. The van der Waals surface area contributed by atoms with Crippen LogP contribution in [0.2, 0.25) is 0 Å². The number of amides is 1. The lowest BCUT2D eigenvalue weighted by atomic mass is 9.89. The summed E-state index contributed by atoms with van der Waals surface area (Å²) in [6.45, 7) is 5.63. The number of imidazole rings is 1. The van der Waals surface area contributed by atoms with Crippen molar-refractivity contribution < 1.29 is 4.79 Å². The van der Waals surface area contributed by atoms with E-state index < -0.39 is 0 Å². The zero-order chi connectivity index (χ0) is 16.1. The number of piperidine rings is 1. The molecule has 0 saturated carbocycles. The van der Waals surface area contributed by atoms with Crippen molar-refractivity contribution >= 4 is 5.91 Å². The van der Waals surface area contributed by atoms with E-state index >= 15 is 0 Å². The Kier molecular flexibility index (Phi) is 5.08. The van der Waals surface area contributed by atoms with Gasteiger partial charge in [-0.05, 0) is 44.3 Å². The molecule has 1 aliphatic rings. The third kappa shape index (κ3) is 4.20. The highest BCUT2D eigenvalue weighted by Gasteiger charge is 2.20. The van der Waals surface area contributed by atoms with E-state index in [1.165, 1.54) is 18.4 Å². The maximum atomic E-state index is 11.9. The summed E-state index contributed by atoms with van der Waals surface area (Å²) in [5, 5.41) is 2.93. The van der Waals surface area contributed by atoms with Crippen molar-refractivity contribution in [2.45, 2.75) is 25.7 Å². The van der Waals surface area contributed by atoms with Crippen LogP contribution in [0.15, 0.2) is 36.5 Å². The molecule has 0 radical (unpaired) electrons. The molecule has 0 bridgehead atoms. The number of benzene rings is 1. The van der Waals surface area contributed by atoms with E-state index in [0.29, 0.717) is 18.3 Å². The number of likely N-dealkylation sites (tertiary alicyclic amines) is 1. The van der Waals surface area contributed by atoms with Gasteiger partial charge in [-0.15, -0.1) is 0 Å². The van der Waals surface area contributed by atoms with Gasteiger partial charge in [0.25, 0.3) is 5.91 Å². The molecule has 0 spiro atoms. The van der Waals surface area contributed by atoms with Crippen LogP contribution in [-0.2, 0) is 0 Å². The smallest absolute Gasteiger partial charge is 0.287 e. The molecule has 2 heterocycles. The molecular weight excluding hydrogens is 288 g/mol. The lowest BCUT2D eigenvalue weighted by Gasteiger charge is -2.32. The number of carbonyl (C=O) groups excluding carboxylic acids is 1. The fourth-order valence-electron chi connectivity index (χ4n) is 3.15. The number of H-pyrrole nitrogens is 1. The summed E-state index contributed by atoms with van der Waals surface area (Å²) in [7, 11) is 0. The maximum Gasteiger partial charge on any atom is 0.287 e. The highest BCUT2D eigenvalue weighted by Crippen LogP contribution is 2.27. The Morgan fingerprint density at radius 2 is 2.04 bits per heavy atom. The number of hydrogen-bond acceptors (Lipinski definition) is 3. The first kappa shape index (κ1) is 15.7. The van der Waals surface area contributed by atoms with Crippen molar-refractivity contribution in [3.63, 3.8) is 0 Å². The molecule has 1 aromatic heterocycles. The number of rotatable bonds is 5. The van der Waals surface area contributed by atoms with Crippen LogP contribution >= 0.6 is 0 Å². The van der Waals surface area contributed by atoms with E-state index in [1.807, 2.05) is 6.92 Å². The monoisotopic (exact) mass is 312 g/mol. The standard InChI is InChI=1S/C18H24N4O/c1-14-13-20-17(21-14)18(23)19-9-12-22-10-7-16(8-11-22)15-5-3-2-4-6-15/h2-6,13,16H,7-12H2,1H3,(H,19,23)(H,20,21). The lowest BCUT2D eigenvalue weighted by molar-refractivity contribution is 0.0936. The molecule has 23 heavy (non-hydrogen) atoms. The molecule has 2 aromatic rings. The fourth-order valence-corrected chi connectivity index (χ4v) is 3.15. The summed E-state index contributed by atoms with van der Waals surface area (Å²) >= 11 is 0. The third-order valence-corrected chi connectivity index (χ3v) is 4.49. The number of aromatic amines is 1. The van der Waals surface area contributed by atoms with Crippen molar-refractivity contribution in [2.75, 3.05) is 26.2 Å². The van der Waals surface area contributed by atoms with E-state index in [1.54, 1.807) is 6.20 Å². The van der Waals surface area contributed by atoms with E-state index in [0.717, 1.165) is 25.3 Å². The number of aryl methyl sites for hydroxylation is 1. The van der Waals surface area contributed by atoms with Gasteiger partial charge in [0.05, 0.1) is 0 Å². The molecule has 2 N–H and O–H groups in total. The Morgan fingerprint density at radius 1 is 1.30 bits per heavy atom. The Morgan fingerprint density at radius 3 is 2.70 bits per heavy atom. The molecule has 1 saturated heterocycles. The molecule has 1 fully saturated rings. The topological polar surface area (TPSA) is 61.0 Å². The second kappa shape index (κ2) is 7.42. The summed E-state index contributed by atoms with van der Waals surface area (Å²) in [4.78, 5) is 21.3. The van der Waals surface area contributed by atoms with Crippen LogP contribution in [0.4, 0.5) is 0 Å². The van der Waals surface area contributed by atoms with Crippen LogP contribution < -0.4 is 5.32 Å². The molecular formula is C18H24N4O. The molecule has 1 aliphatic heterocycles. The fraction of sp³-hybridized carbons (Fsp3) is 0.444. The zero-order valence-electron chi connectivity index (χ0n) is 13.6. The Bertz CT molecular complexity index is 629. The molecule has 1 aromatic carbocycles. The molecule has 1 amide bonds. The Labute approximate surface area is 137 Å². The number of nitrogens with one attached hydrogen (secondary N) is 2. The summed E-state index contributed by atoms with van der Waals surface area (Å²) < 4.78 is 0. The summed E-state index contributed by atoms with van der Waals surface area (Å²) in [6, 6.07) is 10.8. The van der Waals surface area contributed by atoms with Crippen molar-refractivity contribution in [1.82, 2.24) is 20.2 Å². The molecule has 0 aliphatic carbocycles. The molecule has 5 nitrogen and oxygen atoms in total. The number of nitrogens with zero attached hydrogens (tertiary/aromatic N) is 2. The lowest BCUT2D eigenvalue weighted by Crippen LogP contribution is -2.39. The van der Waals surface area contributed by atoms with Gasteiger partial charge < -0.3 is 15.2 Å². The van der Waals surface area contributed by atoms with Gasteiger partial charge in [0.2, 0.25) is 0 Å². The van der Waals surface area contributed by atoms with Crippen molar-refractivity contribution in [3.05, 3.63) is 53.6 Å². The quantitative estimate of drug-likeness (QED) is 0.891. The predicted octanol–water partition coefficient (Wildman–Crippen LogP) is 2.33. The molecule has 5 heteroatoms. The highest BCUT2D eigenvalue weighted by atomic mass is 16.2. The van der Waals surface area contributed by atoms with Crippen molar-refractivity contribution in [3.8, 4) is 0 Å². The molecule has 0 atom stereocenters. The van der Waals surface area contributed by atoms with Crippen LogP contribution in [0, 0.1) is 6.92 Å². The second-order valence-corrected chi connectivity index (χ2v) is 6.20. The molecule has 0 unspecified atom stereocenters. The van der Waals surface area contributed by atoms with Crippen LogP contribution in [0.1, 0.15) is 40.6 Å². The first-order chi connectivity index (χ1) is 11.2. The van der Waals surface area contributed by atoms with Gasteiger partial charge in [-0.25, -0.2) is 4.98 Å². The van der Waals surface area contributed by atoms with Gasteiger partial charge in [0.15, 0.2) is 5.82 Å². The van der Waals surface area contributed by atoms with E-state index in [-0.39, 0.29) is 5.91 Å². The number of hydrogen-bond donors (Lipinski definition) is 2. The van der Waals surface area contributed by atoms with Gasteiger partial charge in [-0.1, -0.05) is 30.3 Å². The predicted molar refractivity (Wildman–Crippen MR) is 90.5 cm³/mol. The van der Waals surface area contributed by atoms with Gasteiger partial charge in [-0.3, -0.25) is 4.79 Å².